The normalized spacial score (nSPS) is 9.38. The molecule has 0 fully saturated rings. The van der Waals surface area contributed by atoms with E-state index in [2.05, 4.69) is 39.5 Å². The molecule has 0 aromatic heterocycles. The molecule has 0 atom stereocenters. The van der Waals surface area contributed by atoms with Gasteiger partial charge in [-0.2, -0.15) is 0 Å². The Bertz CT molecular complexity index is 1530. The van der Waals surface area contributed by atoms with E-state index in [0.717, 1.165) is 16.7 Å². The van der Waals surface area contributed by atoms with Crippen LogP contribution in [-0.2, 0) is 14.4 Å². The Balaban J connectivity index is -0.000000205. The van der Waals surface area contributed by atoms with Crippen LogP contribution < -0.4 is 15.3 Å². The summed E-state index contributed by atoms with van der Waals surface area (Å²) in [6.45, 7) is 20.8. The van der Waals surface area contributed by atoms with Crippen LogP contribution in [0.5, 0.6) is 17.2 Å². The van der Waals surface area contributed by atoms with Crippen LogP contribution >= 0.6 is 0 Å². The van der Waals surface area contributed by atoms with Gasteiger partial charge in [0.25, 0.3) is 0 Å². The van der Waals surface area contributed by atoms with Crippen molar-refractivity contribution in [1.29, 1.82) is 0 Å². The van der Waals surface area contributed by atoms with Gasteiger partial charge in [-0.1, -0.05) is 112 Å². The maximum atomic E-state index is 9.49. The molecule has 0 unspecified atom stereocenters. The van der Waals surface area contributed by atoms with Crippen molar-refractivity contribution < 1.29 is 85.9 Å². The number of carbonyl (C=O) groups is 3. The molecule has 63 heavy (non-hydrogen) atoms. The molecule has 0 amide bonds. The first-order chi connectivity index (χ1) is 29.4. The van der Waals surface area contributed by atoms with Gasteiger partial charge in [-0.15, -0.1) is 0 Å². The largest absolute Gasteiger partial charge is 0.545 e. The quantitative estimate of drug-likeness (QED) is 0.0944. The molecule has 3 aromatic carbocycles. The smallest absolute Gasteiger partial charge is 0.122 e. The molecule has 0 radical (unpaired) electrons. The van der Waals surface area contributed by atoms with E-state index in [0.29, 0.717) is 0 Å². The number of benzene rings is 3. The lowest BCUT2D eigenvalue weighted by atomic mass is 9.93. The lowest BCUT2D eigenvalue weighted by Gasteiger charge is -2.23. The molecule has 0 heterocycles. The van der Waals surface area contributed by atoms with Gasteiger partial charge in [-0.25, -0.2) is 0 Å². The summed E-state index contributed by atoms with van der Waals surface area (Å²) in [7, 11) is 0. The number of carboxylic acids is 3. The molecule has 3 aromatic rings. The van der Waals surface area contributed by atoms with Gasteiger partial charge < -0.3 is 85.9 Å². The maximum absolute atomic E-state index is 9.49. The molecule has 3 rings (SSSR count). The van der Waals surface area contributed by atoms with Crippen LogP contribution in [0, 0.1) is 10.8 Å². The van der Waals surface area contributed by atoms with E-state index in [4.69, 9.17) is 56.2 Å². The van der Waals surface area contributed by atoms with Gasteiger partial charge in [0, 0.05) is 16.7 Å². The molecule has 17 nitrogen and oxygen atoms in total. The number of phenols is 3. The standard InChI is InChI=1S/3C8H8O.2C5H12O4.3C4H6O2/c3*1-2-7-5-3-4-6-8(7)9;2*6-1-5(2-7,3-8)4-9;3*1-3(2)4(5)6/h3*2-6,9H,1H2;2*6-9H,1-4H2;3*1H2,2H3,(H,5,6)/p-3. The number of aromatic hydroxyl groups is 3. The fraction of sp³-hybridized carbons (Fsp3) is 0.283. The minimum Gasteiger partial charge on any atom is -0.545 e. The highest BCUT2D eigenvalue weighted by Crippen LogP contribution is 2.17. The molecular weight excluding hydrogens is 824 g/mol. The number of phenolic OH excluding ortho intramolecular Hbond substituents is 3. The van der Waals surface area contributed by atoms with Crippen molar-refractivity contribution in [3.63, 3.8) is 0 Å². The number of para-hydroxylation sites is 3. The van der Waals surface area contributed by atoms with Crippen molar-refractivity contribution >= 4 is 36.1 Å². The average Bonchev–Trinajstić information content (AvgIpc) is 3.27. The van der Waals surface area contributed by atoms with Gasteiger partial charge in [-0.05, 0) is 55.7 Å². The lowest BCUT2D eigenvalue weighted by molar-refractivity contribution is -0.300. The number of hydrogen-bond acceptors (Lipinski definition) is 17. The number of aliphatic hydroxyl groups excluding tert-OH is 8. The highest BCUT2D eigenvalue weighted by molar-refractivity contribution is 5.83. The Morgan fingerprint density at radius 2 is 0.571 bits per heavy atom. The monoisotopic (exact) mass is 887 g/mol. The average molecular weight is 888 g/mol. The molecule has 0 bridgehead atoms. The van der Waals surface area contributed by atoms with Gasteiger partial charge in [0.1, 0.15) is 17.2 Å². The molecule has 0 aliphatic heterocycles. The second kappa shape index (κ2) is 39.7. The minimum atomic E-state index is -1.19. The zero-order valence-electron chi connectivity index (χ0n) is 35.9. The fourth-order valence-electron chi connectivity index (χ4n) is 2.58. The van der Waals surface area contributed by atoms with Crippen molar-refractivity contribution in [2.45, 2.75) is 20.8 Å². The highest BCUT2D eigenvalue weighted by atomic mass is 16.4. The number of hydrogen-bond donors (Lipinski definition) is 11. The molecule has 17 heteroatoms. The summed E-state index contributed by atoms with van der Waals surface area (Å²) in [5.74, 6) is -2.70. The Morgan fingerprint density at radius 3 is 0.635 bits per heavy atom. The number of aliphatic hydroxyl groups is 8. The van der Waals surface area contributed by atoms with Gasteiger partial charge in [0.2, 0.25) is 0 Å². The first-order valence-electron chi connectivity index (χ1n) is 18.1. The van der Waals surface area contributed by atoms with Crippen molar-refractivity contribution in [2.75, 3.05) is 52.9 Å². The molecule has 0 aliphatic rings. The summed E-state index contributed by atoms with van der Waals surface area (Å²) in [5, 5.41) is 124. The third kappa shape index (κ3) is 33.9. The van der Waals surface area contributed by atoms with Crippen LogP contribution in [0.1, 0.15) is 37.5 Å². The molecule has 0 saturated carbocycles. The Kier molecular flexibility index (Phi) is 41.4. The first kappa shape index (κ1) is 65.7. The van der Waals surface area contributed by atoms with Crippen molar-refractivity contribution in [1.82, 2.24) is 0 Å². The summed E-state index contributed by atoms with van der Waals surface area (Å²) in [6.07, 6.45) is 4.86. The first-order valence-corrected chi connectivity index (χ1v) is 18.1. The maximum Gasteiger partial charge on any atom is 0.122 e. The van der Waals surface area contributed by atoms with Crippen molar-refractivity contribution in [3.8, 4) is 17.2 Å². The van der Waals surface area contributed by atoms with Crippen LogP contribution in [0.2, 0.25) is 0 Å². The van der Waals surface area contributed by atoms with Gasteiger partial charge in [0.15, 0.2) is 0 Å². The van der Waals surface area contributed by atoms with Gasteiger partial charge in [0.05, 0.1) is 81.6 Å². The van der Waals surface area contributed by atoms with E-state index < -0.39 is 81.6 Å². The van der Waals surface area contributed by atoms with Crippen LogP contribution in [-0.4, -0.2) is 127 Å². The predicted molar refractivity (Wildman–Crippen MR) is 236 cm³/mol. The molecular formula is C46H63O17-3. The summed E-state index contributed by atoms with van der Waals surface area (Å²) in [5.41, 5.74) is 0.299. The molecule has 11 N–H and O–H groups in total. The van der Waals surface area contributed by atoms with E-state index in [-0.39, 0.29) is 34.0 Å². The number of carboxylic acid groups (broad SMARTS) is 3. The van der Waals surface area contributed by atoms with Gasteiger partial charge in [-0.3, -0.25) is 0 Å². The Morgan fingerprint density at radius 1 is 0.429 bits per heavy atom. The molecule has 352 valence electrons. The molecule has 0 spiro atoms. The van der Waals surface area contributed by atoms with Crippen LogP contribution in [0.4, 0.5) is 0 Å². The molecule has 0 aliphatic carbocycles. The fourth-order valence-corrected chi connectivity index (χ4v) is 2.58. The van der Waals surface area contributed by atoms with E-state index in [1.807, 2.05) is 36.4 Å². The van der Waals surface area contributed by atoms with Crippen LogP contribution in [0.15, 0.2) is 129 Å². The van der Waals surface area contributed by atoms with E-state index in [9.17, 15) is 29.7 Å². The molecule has 0 saturated heterocycles. The predicted octanol–water partition coefficient (Wildman–Crippen LogP) is -0.0732. The zero-order chi connectivity index (χ0) is 50.2. The minimum absolute atomic E-state index is 0.0648. The number of aliphatic carboxylic acids is 3. The van der Waals surface area contributed by atoms with E-state index >= 15 is 0 Å². The van der Waals surface area contributed by atoms with Crippen molar-refractivity contribution in [2.24, 2.45) is 10.8 Å². The number of carbonyl (C=O) groups excluding carboxylic acids is 3. The van der Waals surface area contributed by atoms with Gasteiger partial charge >= 0.3 is 0 Å². The second-order valence-corrected chi connectivity index (χ2v) is 12.8. The lowest BCUT2D eigenvalue weighted by Crippen LogP contribution is -2.37. The topological polar surface area (TPSA) is 343 Å². The summed E-state index contributed by atoms with van der Waals surface area (Å²) >= 11 is 0. The third-order valence-electron chi connectivity index (χ3n) is 7.20. The third-order valence-corrected chi connectivity index (χ3v) is 7.20. The van der Waals surface area contributed by atoms with Crippen LogP contribution in [0.25, 0.3) is 18.2 Å². The number of rotatable bonds is 14. The van der Waals surface area contributed by atoms with E-state index in [1.165, 1.54) is 20.8 Å². The Labute approximate surface area is 368 Å². The van der Waals surface area contributed by atoms with Crippen molar-refractivity contribution in [3.05, 3.63) is 146 Å². The summed E-state index contributed by atoms with van der Waals surface area (Å²) < 4.78 is 0. The SMILES string of the molecule is C=C(C)C(=O)[O-].C=C(C)C(=O)[O-].C=C(C)C(=O)[O-].C=Cc1ccccc1O.C=Cc1ccccc1O.C=Cc1ccccc1O.OCC(CO)(CO)CO.OCC(CO)(CO)CO. The van der Waals surface area contributed by atoms with Crippen LogP contribution in [0.3, 0.4) is 0 Å². The second-order valence-electron chi connectivity index (χ2n) is 12.8. The Hall–Kier alpha value is -6.41. The summed E-state index contributed by atoms with van der Waals surface area (Å²) in [6, 6.07) is 21.2. The zero-order valence-corrected chi connectivity index (χ0v) is 35.9. The highest BCUT2D eigenvalue weighted by Gasteiger charge is 2.27. The van der Waals surface area contributed by atoms with E-state index in [1.54, 1.807) is 54.6 Å². The summed E-state index contributed by atoms with van der Waals surface area (Å²) in [4.78, 5) is 28.5.